The Morgan fingerprint density at radius 3 is 2.76 bits per heavy atom. The molecule has 0 saturated carbocycles. The molecule has 1 aromatic rings. The van der Waals surface area contributed by atoms with Crippen molar-refractivity contribution in [2.75, 3.05) is 13.7 Å². The Morgan fingerprint density at radius 2 is 2.19 bits per heavy atom. The summed E-state index contributed by atoms with van der Waals surface area (Å²) in [5, 5.41) is 0. The summed E-state index contributed by atoms with van der Waals surface area (Å²) in [7, 11) is 1.57. The summed E-state index contributed by atoms with van der Waals surface area (Å²) in [5.74, 6) is 0.440. The predicted molar refractivity (Wildman–Crippen MR) is 85.9 cm³/mol. The van der Waals surface area contributed by atoms with Gasteiger partial charge in [-0.3, -0.25) is 4.79 Å². The smallest absolute Gasteiger partial charge is 0.256 e. The van der Waals surface area contributed by atoms with Crippen LogP contribution in [0.15, 0.2) is 24.3 Å². The molecule has 1 amide bonds. The van der Waals surface area contributed by atoms with E-state index in [4.69, 9.17) is 4.74 Å². The molecule has 1 atom stereocenters. The highest BCUT2D eigenvalue weighted by Crippen LogP contribution is 2.32. The number of nitrogens with zero attached hydrogens (tertiary/aromatic N) is 1. The molecule has 2 rings (SSSR count). The zero-order valence-corrected chi connectivity index (χ0v) is 13.9. The lowest BCUT2D eigenvalue weighted by atomic mass is 10.00. The van der Waals surface area contributed by atoms with Gasteiger partial charge in [-0.05, 0) is 37.1 Å². The van der Waals surface area contributed by atoms with Crippen LogP contribution in [-0.2, 0) is 4.79 Å². The zero-order valence-electron chi connectivity index (χ0n) is 11.8. The van der Waals surface area contributed by atoms with Crippen molar-refractivity contribution in [1.82, 2.24) is 4.90 Å². The van der Waals surface area contributed by atoms with E-state index in [2.05, 4.69) is 0 Å². The fourth-order valence-corrected chi connectivity index (χ4v) is 2.94. The fourth-order valence-electron chi connectivity index (χ4n) is 2.35. The van der Waals surface area contributed by atoms with Gasteiger partial charge >= 0.3 is 0 Å². The first-order valence-electron chi connectivity index (χ1n) is 6.52. The Bertz CT molecular complexity index is 575. The zero-order chi connectivity index (χ0) is 15.6. The second-order valence-electron chi connectivity index (χ2n) is 4.81. The summed E-state index contributed by atoms with van der Waals surface area (Å²) in [4.78, 5) is 13.4. The topological polar surface area (TPSA) is 29.5 Å². The largest absolute Gasteiger partial charge is 0.497 e. The van der Waals surface area contributed by atoms with Gasteiger partial charge in [0, 0.05) is 11.3 Å². The molecule has 0 fully saturated rings. The Labute approximate surface area is 136 Å². The number of benzene rings is 1. The Morgan fingerprint density at radius 1 is 1.48 bits per heavy atom. The third-order valence-corrected chi connectivity index (χ3v) is 4.41. The maximum Gasteiger partial charge on any atom is 0.256 e. The van der Waals surface area contributed by atoms with E-state index < -0.39 is 13.0 Å². The molecule has 1 aliphatic heterocycles. The van der Waals surface area contributed by atoms with Crippen LogP contribution in [0, 0.1) is 6.92 Å². The minimum absolute atomic E-state index is 0.261. The van der Waals surface area contributed by atoms with Crippen molar-refractivity contribution in [2.24, 2.45) is 0 Å². The fraction of sp³-hybridized carbons (Fsp3) is 0.400. The summed E-state index contributed by atoms with van der Waals surface area (Å²) in [5.41, 5.74) is 2.24. The summed E-state index contributed by atoms with van der Waals surface area (Å²) in [6, 6.07) is 5.40. The molecule has 1 unspecified atom stereocenters. The lowest BCUT2D eigenvalue weighted by molar-refractivity contribution is -0.128. The molecular weight excluding hydrogens is 391 g/mol. The number of methoxy groups -OCH3 is 1. The SMILES string of the molecule is COc1ccc(C2=CCC(I)C(=O)N2CC(F)F)c(C)c1. The molecule has 6 heteroatoms. The maximum atomic E-state index is 12.8. The van der Waals surface area contributed by atoms with Crippen LogP contribution in [0.25, 0.3) is 5.70 Å². The number of halogens is 3. The number of rotatable bonds is 4. The van der Waals surface area contributed by atoms with E-state index in [1.54, 1.807) is 19.2 Å². The van der Waals surface area contributed by atoms with Gasteiger partial charge in [0.1, 0.15) is 5.75 Å². The highest BCUT2D eigenvalue weighted by molar-refractivity contribution is 14.1. The van der Waals surface area contributed by atoms with E-state index in [9.17, 15) is 13.6 Å². The van der Waals surface area contributed by atoms with E-state index in [0.29, 0.717) is 17.9 Å². The molecule has 0 N–H and O–H groups in total. The van der Waals surface area contributed by atoms with Crippen LogP contribution in [0.1, 0.15) is 17.5 Å². The number of aryl methyl sites for hydroxylation is 1. The van der Waals surface area contributed by atoms with Gasteiger partial charge in [-0.15, -0.1) is 0 Å². The van der Waals surface area contributed by atoms with Crippen molar-refractivity contribution in [3.8, 4) is 5.75 Å². The summed E-state index contributed by atoms with van der Waals surface area (Å²) in [6.07, 6.45) is -0.145. The Balaban J connectivity index is 2.41. The molecule has 0 radical (unpaired) electrons. The number of alkyl halides is 3. The highest BCUT2D eigenvalue weighted by Gasteiger charge is 2.31. The van der Waals surface area contributed by atoms with E-state index in [1.807, 2.05) is 41.7 Å². The van der Waals surface area contributed by atoms with Crippen LogP contribution >= 0.6 is 22.6 Å². The molecule has 1 aliphatic rings. The van der Waals surface area contributed by atoms with Gasteiger partial charge in [-0.2, -0.15) is 0 Å². The number of carbonyl (C=O) groups excluding carboxylic acids is 1. The second-order valence-corrected chi connectivity index (χ2v) is 6.32. The monoisotopic (exact) mass is 407 g/mol. The average Bonchev–Trinajstić information content (AvgIpc) is 2.44. The van der Waals surface area contributed by atoms with Gasteiger partial charge in [0.2, 0.25) is 5.91 Å². The molecular formula is C15H16F2INO2. The molecule has 3 nitrogen and oxygen atoms in total. The minimum Gasteiger partial charge on any atom is -0.497 e. The predicted octanol–water partition coefficient (Wildman–Crippen LogP) is 3.65. The first kappa shape index (κ1) is 16.2. The van der Waals surface area contributed by atoms with E-state index in [-0.39, 0.29) is 9.83 Å². The van der Waals surface area contributed by atoms with Crippen LogP contribution in [0.3, 0.4) is 0 Å². The molecule has 21 heavy (non-hydrogen) atoms. The number of ether oxygens (including phenoxy) is 1. The molecule has 114 valence electrons. The lowest BCUT2D eigenvalue weighted by Gasteiger charge is -2.32. The molecule has 1 heterocycles. The quantitative estimate of drug-likeness (QED) is 0.564. The van der Waals surface area contributed by atoms with Crippen LogP contribution in [0.2, 0.25) is 0 Å². The standard InChI is InChI=1S/C15H16F2INO2/c1-9-7-10(21-2)3-4-11(9)13-6-5-12(18)15(20)19(13)8-14(16)17/h3-4,6-7,12,14H,5,8H2,1-2H3. The van der Waals surface area contributed by atoms with Gasteiger partial charge in [-0.1, -0.05) is 28.7 Å². The first-order chi connectivity index (χ1) is 9.93. The number of hydrogen-bond acceptors (Lipinski definition) is 2. The second kappa shape index (κ2) is 6.72. The van der Waals surface area contributed by atoms with Crippen molar-refractivity contribution < 1.29 is 18.3 Å². The summed E-state index contributed by atoms with van der Waals surface area (Å²) >= 11 is 1.99. The van der Waals surface area contributed by atoms with Crippen molar-refractivity contribution >= 4 is 34.2 Å². The minimum atomic E-state index is -2.56. The van der Waals surface area contributed by atoms with Crippen molar-refractivity contribution in [3.63, 3.8) is 0 Å². The summed E-state index contributed by atoms with van der Waals surface area (Å²) < 4.78 is 30.4. The number of carbonyl (C=O) groups is 1. The van der Waals surface area contributed by atoms with E-state index in [1.165, 1.54) is 4.90 Å². The van der Waals surface area contributed by atoms with Crippen LogP contribution in [-0.4, -0.2) is 34.8 Å². The maximum absolute atomic E-state index is 12.8. The molecule has 0 saturated heterocycles. The summed E-state index contributed by atoms with van der Waals surface area (Å²) in [6.45, 7) is 1.30. The van der Waals surface area contributed by atoms with E-state index >= 15 is 0 Å². The Hall–Kier alpha value is -1.18. The molecule has 0 aromatic heterocycles. The van der Waals surface area contributed by atoms with Gasteiger partial charge in [0.15, 0.2) is 0 Å². The van der Waals surface area contributed by atoms with Crippen LogP contribution in [0.5, 0.6) is 5.75 Å². The highest BCUT2D eigenvalue weighted by atomic mass is 127. The Kier molecular flexibility index (Phi) is 5.18. The number of allylic oxidation sites excluding steroid dienone is 1. The molecule has 1 aromatic carbocycles. The third kappa shape index (κ3) is 3.53. The first-order valence-corrected chi connectivity index (χ1v) is 7.77. The van der Waals surface area contributed by atoms with Gasteiger partial charge in [0.25, 0.3) is 6.43 Å². The van der Waals surface area contributed by atoms with Crippen LogP contribution < -0.4 is 4.74 Å². The normalized spacial score (nSPS) is 19.0. The van der Waals surface area contributed by atoms with Crippen molar-refractivity contribution in [1.29, 1.82) is 0 Å². The average molecular weight is 407 g/mol. The molecule has 0 bridgehead atoms. The van der Waals surface area contributed by atoms with Crippen LogP contribution in [0.4, 0.5) is 8.78 Å². The number of amides is 1. The third-order valence-electron chi connectivity index (χ3n) is 3.37. The molecule has 0 aliphatic carbocycles. The van der Waals surface area contributed by atoms with Crippen molar-refractivity contribution in [3.05, 3.63) is 35.4 Å². The van der Waals surface area contributed by atoms with Crippen molar-refractivity contribution in [2.45, 2.75) is 23.7 Å². The van der Waals surface area contributed by atoms with Gasteiger partial charge in [-0.25, -0.2) is 8.78 Å². The van der Waals surface area contributed by atoms with Gasteiger partial charge < -0.3 is 9.64 Å². The number of hydrogen-bond donors (Lipinski definition) is 0. The van der Waals surface area contributed by atoms with E-state index in [0.717, 1.165) is 11.1 Å². The lowest BCUT2D eigenvalue weighted by Crippen LogP contribution is -2.41. The van der Waals surface area contributed by atoms with Gasteiger partial charge in [0.05, 0.1) is 17.6 Å². The molecule has 0 spiro atoms.